The molecular formula is C28H53NO4Si. The molecule has 0 aromatic heterocycles. The molecule has 2 aliphatic heterocycles. The Morgan fingerprint density at radius 2 is 1.71 bits per heavy atom. The minimum Gasteiger partial charge on any atom is -0.381 e. The molecule has 2 aliphatic rings. The van der Waals surface area contributed by atoms with Gasteiger partial charge in [0.1, 0.15) is 0 Å². The molecule has 2 heterocycles. The first-order valence-corrected chi connectivity index (χ1v) is 16.7. The van der Waals surface area contributed by atoms with E-state index in [1.165, 1.54) is 38.5 Å². The largest absolute Gasteiger partial charge is 0.381 e. The molecule has 198 valence electrons. The van der Waals surface area contributed by atoms with Crippen LogP contribution >= 0.6 is 0 Å². The second-order valence-electron chi connectivity index (χ2n) is 12.7. The lowest BCUT2D eigenvalue weighted by Crippen LogP contribution is -2.49. The summed E-state index contributed by atoms with van der Waals surface area (Å²) in [6.45, 7) is 18.8. The summed E-state index contributed by atoms with van der Waals surface area (Å²) < 4.78 is 18.2. The topological polar surface area (TPSA) is 56.8 Å². The van der Waals surface area contributed by atoms with Crippen molar-refractivity contribution >= 4 is 14.2 Å². The van der Waals surface area contributed by atoms with Gasteiger partial charge in [0, 0.05) is 17.9 Å². The zero-order chi connectivity index (χ0) is 25.4. The number of nitrogens with one attached hydrogen (secondary N) is 1. The Bertz CT molecular complexity index is 655. The third-order valence-electron chi connectivity index (χ3n) is 8.37. The molecule has 0 radical (unpaired) electrons. The number of ether oxygens (including phenoxy) is 2. The third kappa shape index (κ3) is 8.46. The number of allylic oxidation sites excluding steroid dienone is 2. The highest BCUT2D eigenvalue weighted by molar-refractivity contribution is 6.74. The van der Waals surface area contributed by atoms with E-state index >= 15 is 0 Å². The van der Waals surface area contributed by atoms with Crippen molar-refractivity contribution < 1.29 is 18.8 Å². The van der Waals surface area contributed by atoms with E-state index in [1.54, 1.807) is 0 Å². The Hall–Kier alpha value is -0.693. The molecule has 0 saturated carbocycles. The predicted molar refractivity (Wildman–Crippen MR) is 143 cm³/mol. The number of hydrogen-bond acceptors (Lipinski definition) is 4. The quantitative estimate of drug-likeness (QED) is 0.113. The van der Waals surface area contributed by atoms with Gasteiger partial charge in [-0.25, -0.2) is 5.48 Å². The van der Waals surface area contributed by atoms with E-state index in [0.29, 0.717) is 24.0 Å². The molecule has 2 saturated heterocycles. The minimum atomic E-state index is -2.01. The number of carbonyl (C=O) groups excluding carboxylic acids is 1. The number of amides is 1. The van der Waals surface area contributed by atoms with Crippen LogP contribution in [0.2, 0.25) is 18.1 Å². The molecule has 5 nitrogen and oxygen atoms in total. The van der Waals surface area contributed by atoms with E-state index in [1.807, 2.05) is 13.8 Å². The maximum absolute atomic E-state index is 12.8. The molecule has 0 aliphatic carbocycles. The Kier molecular flexibility index (Phi) is 11.3. The molecule has 2 bridgehead atoms. The Labute approximate surface area is 210 Å². The average molecular weight is 496 g/mol. The summed E-state index contributed by atoms with van der Waals surface area (Å²) in [6.07, 6.45) is 15.5. The van der Waals surface area contributed by atoms with Crippen LogP contribution in [-0.4, -0.2) is 39.6 Å². The molecule has 6 heteroatoms. The second-order valence-corrected chi connectivity index (χ2v) is 17.4. The zero-order valence-corrected chi connectivity index (χ0v) is 24.4. The van der Waals surface area contributed by atoms with Gasteiger partial charge in [0.05, 0.1) is 18.8 Å². The fourth-order valence-corrected chi connectivity index (χ4v) is 5.33. The maximum atomic E-state index is 12.8. The molecule has 4 atom stereocenters. The molecule has 1 N–H and O–H groups in total. The van der Waals surface area contributed by atoms with Crippen molar-refractivity contribution in [2.75, 3.05) is 13.2 Å². The molecule has 0 aromatic carbocycles. The predicted octanol–water partition coefficient (Wildman–Crippen LogP) is 7.18. The fraction of sp³-hybridized carbons (Fsp3) is 0.893. The van der Waals surface area contributed by atoms with Crippen molar-refractivity contribution in [2.45, 2.75) is 130 Å². The number of hydrogen-bond donors (Lipinski definition) is 1. The lowest BCUT2D eigenvalue weighted by Gasteiger charge is -2.36. The summed E-state index contributed by atoms with van der Waals surface area (Å²) in [5.41, 5.74) is 2.32. The van der Waals surface area contributed by atoms with Gasteiger partial charge in [-0.15, -0.1) is 0 Å². The molecule has 0 aromatic rings. The van der Waals surface area contributed by atoms with Gasteiger partial charge in [0.25, 0.3) is 0 Å². The van der Waals surface area contributed by atoms with Crippen LogP contribution in [0.3, 0.4) is 0 Å². The zero-order valence-electron chi connectivity index (χ0n) is 23.4. The standard InChI is InChI=1S/C28H53NO4Si/c1-9-10-11-15-20-31-21-23-22(24-17-18-25(23)32-24)16-13-12-14-19-28(5,6)26(30)29-33-34(7,8)27(2,3)4/h12-13,22-25H,9-11,14-21H2,1-8H3,(H,29,30)/t22-,23+,24-,25+/m1/s1. The number of fused-ring (bicyclic) bond motifs is 2. The maximum Gasteiger partial charge on any atom is 0.248 e. The van der Waals surface area contributed by atoms with Crippen molar-refractivity contribution in [3.8, 4) is 0 Å². The summed E-state index contributed by atoms with van der Waals surface area (Å²) in [7, 11) is -2.01. The molecule has 1 amide bonds. The van der Waals surface area contributed by atoms with Gasteiger partial charge in [0.2, 0.25) is 14.2 Å². The van der Waals surface area contributed by atoms with Crippen LogP contribution in [-0.2, 0) is 18.8 Å². The Morgan fingerprint density at radius 1 is 1.03 bits per heavy atom. The summed E-state index contributed by atoms with van der Waals surface area (Å²) in [6, 6.07) is 0. The van der Waals surface area contributed by atoms with E-state index in [0.717, 1.165) is 32.5 Å². The molecular weight excluding hydrogens is 442 g/mol. The van der Waals surface area contributed by atoms with Gasteiger partial charge in [0.15, 0.2) is 0 Å². The van der Waals surface area contributed by atoms with Gasteiger partial charge >= 0.3 is 0 Å². The van der Waals surface area contributed by atoms with Gasteiger partial charge < -0.3 is 14.0 Å². The van der Waals surface area contributed by atoms with Crippen molar-refractivity contribution in [1.29, 1.82) is 0 Å². The first kappa shape index (κ1) is 29.5. The van der Waals surface area contributed by atoms with E-state index in [-0.39, 0.29) is 10.9 Å². The van der Waals surface area contributed by atoms with Gasteiger partial charge in [-0.05, 0) is 62.6 Å². The normalized spacial score (nSPS) is 25.4. The average Bonchev–Trinajstić information content (AvgIpc) is 3.35. The summed E-state index contributed by atoms with van der Waals surface area (Å²) >= 11 is 0. The van der Waals surface area contributed by atoms with Crippen LogP contribution in [0.1, 0.15) is 99.3 Å². The molecule has 34 heavy (non-hydrogen) atoms. The highest BCUT2D eigenvalue weighted by atomic mass is 28.4. The van der Waals surface area contributed by atoms with Gasteiger partial charge in [-0.2, -0.15) is 0 Å². The molecule has 0 unspecified atom stereocenters. The van der Waals surface area contributed by atoms with Crippen LogP contribution in [0, 0.1) is 17.3 Å². The first-order chi connectivity index (χ1) is 15.9. The molecule has 2 rings (SSSR count). The van der Waals surface area contributed by atoms with Crippen molar-refractivity contribution in [2.24, 2.45) is 17.3 Å². The monoisotopic (exact) mass is 495 g/mol. The van der Waals surface area contributed by atoms with E-state index in [4.69, 9.17) is 14.0 Å². The van der Waals surface area contributed by atoms with Crippen LogP contribution in [0.4, 0.5) is 0 Å². The summed E-state index contributed by atoms with van der Waals surface area (Å²) in [5.74, 6) is 1.08. The first-order valence-electron chi connectivity index (χ1n) is 13.8. The van der Waals surface area contributed by atoms with Crippen molar-refractivity contribution in [3.05, 3.63) is 12.2 Å². The van der Waals surface area contributed by atoms with Gasteiger partial charge in [-0.1, -0.05) is 73.0 Å². The SMILES string of the molecule is CCCCCCOC[C@H]1[C@@H](CC=CCCC(C)(C)C(=O)NO[Si](C)(C)C(C)(C)C)[C@H]2CC[C@@H]1O2. The van der Waals surface area contributed by atoms with Crippen LogP contribution in [0.25, 0.3) is 0 Å². The van der Waals surface area contributed by atoms with Gasteiger partial charge in [-0.3, -0.25) is 4.79 Å². The smallest absolute Gasteiger partial charge is 0.248 e. The van der Waals surface area contributed by atoms with Crippen LogP contribution in [0.15, 0.2) is 12.2 Å². The van der Waals surface area contributed by atoms with Crippen molar-refractivity contribution in [3.63, 3.8) is 0 Å². The second kappa shape index (κ2) is 13.0. The lowest BCUT2D eigenvalue weighted by atomic mass is 9.78. The summed E-state index contributed by atoms with van der Waals surface area (Å²) in [5, 5.41) is 0.0640. The Morgan fingerprint density at radius 3 is 2.35 bits per heavy atom. The number of hydroxylamine groups is 1. The third-order valence-corrected chi connectivity index (χ3v) is 12.6. The van der Waals surface area contributed by atoms with E-state index in [9.17, 15) is 4.79 Å². The highest BCUT2D eigenvalue weighted by Gasteiger charge is 2.48. The number of unbranched alkanes of at least 4 members (excludes halogenated alkanes) is 3. The fourth-order valence-electron chi connectivity index (χ4n) is 4.67. The van der Waals surface area contributed by atoms with Crippen molar-refractivity contribution in [1.82, 2.24) is 5.48 Å². The van der Waals surface area contributed by atoms with E-state index < -0.39 is 13.7 Å². The van der Waals surface area contributed by atoms with Crippen LogP contribution < -0.4 is 5.48 Å². The number of carbonyl (C=O) groups is 1. The molecule has 0 spiro atoms. The number of rotatable bonds is 15. The summed E-state index contributed by atoms with van der Waals surface area (Å²) in [4.78, 5) is 12.8. The lowest BCUT2D eigenvalue weighted by molar-refractivity contribution is -0.137. The minimum absolute atomic E-state index is 0.0247. The molecule has 2 fully saturated rings. The van der Waals surface area contributed by atoms with Crippen LogP contribution in [0.5, 0.6) is 0 Å². The highest BCUT2D eigenvalue weighted by Crippen LogP contribution is 2.45. The Balaban J connectivity index is 1.73. The van der Waals surface area contributed by atoms with E-state index in [2.05, 4.69) is 58.4 Å².